The second kappa shape index (κ2) is 10.9. The van der Waals surface area contributed by atoms with E-state index < -0.39 is 17.6 Å². The first-order valence-electron chi connectivity index (χ1n) is 12.4. The number of hydrogen-bond donors (Lipinski definition) is 1. The molecule has 3 aromatic heterocycles. The van der Waals surface area contributed by atoms with Gasteiger partial charge in [0.15, 0.2) is 0 Å². The second-order valence-corrected chi connectivity index (χ2v) is 9.22. The van der Waals surface area contributed by atoms with Crippen molar-refractivity contribution in [3.05, 3.63) is 90.3 Å². The summed E-state index contributed by atoms with van der Waals surface area (Å²) in [7, 11) is 1.58. The quantitative estimate of drug-likeness (QED) is 0.323. The number of hydrogen-bond acceptors (Lipinski definition) is 6. The van der Waals surface area contributed by atoms with Crippen LogP contribution in [0.25, 0.3) is 16.8 Å². The van der Waals surface area contributed by atoms with E-state index in [0.29, 0.717) is 29.1 Å². The van der Waals surface area contributed by atoms with Crippen LogP contribution < -0.4 is 5.32 Å². The highest BCUT2D eigenvalue weighted by Crippen LogP contribution is 2.36. The summed E-state index contributed by atoms with van der Waals surface area (Å²) in [6, 6.07) is 7.85. The van der Waals surface area contributed by atoms with Gasteiger partial charge >= 0.3 is 6.18 Å². The Kier molecular flexibility index (Phi) is 7.35. The second-order valence-electron chi connectivity index (χ2n) is 9.22. The molecule has 4 heterocycles. The lowest BCUT2D eigenvalue weighted by molar-refractivity contribution is -0.137. The molecule has 9 nitrogen and oxygen atoms in total. The van der Waals surface area contributed by atoms with Crippen LogP contribution in [0.4, 0.5) is 19.0 Å². The number of likely N-dealkylation sites (tertiary alicyclic amines) is 1. The van der Waals surface area contributed by atoms with Gasteiger partial charge in [-0.05, 0) is 43.2 Å². The Hall–Kier alpha value is -4.58. The van der Waals surface area contributed by atoms with Crippen LogP contribution in [0, 0.1) is 0 Å². The summed E-state index contributed by atoms with van der Waals surface area (Å²) in [6.45, 7) is 4.49. The van der Waals surface area contributed by atoms with Crippen molar-refractivity contribution in [2.45, 2.75) is 31.7 Å². The molecule has 0 radical (unpaired) electrons. The number of carbonyl (C=O) groups excluding carboxylic acids is 2. The molecule has 0 aliphatic carbocycles. The predicted molar refractivity (Wildman–Crippen MR) is 140 cm³/mol. The Bertz CT molecular complexity index is 1580. The predicted octanol–water partition coefficient (Wildman–Crippen LogP) is 5.06. The normalized spacial score (nSPS) is 15.4. The van der Waals surface area contributed by atoms with Gasteiger partial charge < -0.3 is 15.0 Å². The number of nitrogens with zero attached hydrogens (tertiary/aromatic N) is 5. The van der Waals surface area contributed by atoms with Gasteiger partial charge in [0.25, 0.3) is 5.91 Å². The number of carbonyl (C=O) groups is 2. The van der Waals surface area contributed by atoms with Crippen LogP contribution >= 0.6 is 0 Å². The van der Waals surface area contributed by atoms with Crippen LogP contribution in [-0.2, 0) is 22.3 Å². The van der Waals surface area contributed by atoms with E-state index in [1.165, 1.54) is 6.08 Å². The molecule has 5 rings (SSSR count). The van der Waals surface area contributed by atoms with Gasteiger partial charge in [-0.1, -0.05) is 18.7 Å². The Labute approximate surface area is 227 Å². The molecular formula is C28H25F3N6O3. The zero-order valence-electron chi connectivity index (χ0n) is 21.5. The summed E-state index contributed by atoms with van der Waals surface area (Å²) in [5.41, 5.74) is 2.07. The minimum Gasteiger partial charge on any atom is -0.378 e. The van der Waals surface area contributed by atoms with Gasteiger partial charge in [0.2, 0.25) is 5.91 Å². The van der Waals surface area contributed by atoms with Crippen molar-refractivity contribution < 1.29 is 27.5 Å². The highest BCUT2D eigenvalue weighted by molar-refractivity contribution is 6.04. The highest BCUT2D eigenvalue weighted by Gasteiger charge is 2.34. The van der Waals surface area contributed by atoms with Crippen molar-refractivity contribution in [1.29, 1.82) is 0 Å². The summed E-state index contributed by atoms with van der Waals surface area (Å²) < 4.78 is 46.4. The molecule has 0 bridgehead atoms. The largest absolute Gasteiger partial charge is 0.416 e. The van der Waals surface area contributed by atoms with Crippen molar-refractivity contribution in [2.24, 2.45) is 0 Å². The average Bonchev–Trinajstić information content (AvgIpc) is 3.58. The van der Waals surface area contributed by atoms with Gasteiger partial charge in [0, 0.05) is 37.2 Å². The first kappa shape index (κ1) is 27.0. The molecule has 1 saturated heterocycles. The van der Waals surface area contributed by atoms with Gasteiger partial charge in [-0.25, -0.2) is 9.97 Å². The summed E-state index contributed by atoms with van der Waals surface area (Å²) in [5, 5.41) is 2.40. The minimum atomic E-state index is -4.55. The molecule has 0 unspecified atom stereocenters. The monoisotopic (exact) mass is 550 g/mol. The number of aromatic nitrogens is 4. The van der Waals surface area contributed by atoms with Crippen LogP contribution in [0.5, 0.6) is 0 Å². The fraction of sp³-hybridized carbons (Fsp3) is 0.250. The number of pyridine rings is 1. The summed E-state index contributed by atoms with van der Waals surface area (Å²) >= 11 is 0. The molecule has 206 valence electrons. The molecule has 40 heavy (non-hydrogen) atoms. The molecule has 2 amide bonds. The molecule has 1 aromatic carbocycles. The fourth-order valence-corrected chi connectivity index (χ4v) is 4.87. The van der Waals surface area contributed by atoms with Crippen molar-refractivity contribution in [1.82, 2.24) is 24.3 Å². The topological polar surface area (TPSA) is 102 Å². The maximum Gasteiger partial charge on any atom is 0.416 e. The van der Waals surface area contributed by atoms with Gasteiger partial charge in [-0.2, -0.15) is 13.2 Å². The molecule has 1 aliphatic rings. The number of alkyl halides is 3. The number of nitrogens with one attached hydrogen (secondary N) is 1. The number of benzene rings is 1. The van der Waals surface area contributed by atoms with Gasteiger partial charge in [0.1, 0.15) is 11.6 Å². The molecular weight excluding hydrogens is 525 g/mol. The number of amides is 2. The van der Waals surface area contributed by atoms with E-state index in [9.17, 15) is 22.8 Å². The first-order chi connectivity index (χ1) is 19.2. The van der Waals surface area contributed by atoms with Crippen molar-refractivity contribution in [3.8, 4) is 11.3 Å². The van der Waals surface area contributed by atoms with E-state index in [-0.39, 0.29) is 29.9 Å². The maximum atomic E-state index is 13.0. The smallest absolute Gasteiger partial charge is 0.378 e. The van der Waals surface area contributed by atoms with Gasteiger partial charge in [-0.15, -0.1) is 0 Å². The number of imidazole rings is 1. The third kappa shape index (κ3) is 5.17. The summed E-state index contributed by atoms with van der Waals surface area (Å²) in [5.74, 6) is -0.318. The number of ether oxygens (including phenoxy) is 1. The Morgan fingerprint density at radius 1 is 1.20 bits per heavy atom. The molecule has 1 N–H and O–H groups in total. The van der Waals surface area contributed by atoms with E-state index in [1.54, 1.807) is 48.7 Å². The third-order valence-corrected chi connectivity index (χ3v) is 6.70. The van der Waals surface area contributed by atoms with Crippen LogP contribution in [0.1, 0.15) is 46.3 Å². The Balaban J connectivity index is 1.48. The van der Waals surface area contributed by atoms with Gasteiger partial charge in [-0.3, -0.25) is 19.0 Å². The van der Waals surface area contributed by atoms with Gasteiger partial charge in [0.05, 0.1) is 41.3 Å². The number of anilines is 1. The van der Waals surface area contributed by atoms with E-state index in [0.717, 1.165) is 36.9 Å². The summed E-state index contributed by atoms with van der Waals surface area (Å²) in [4.78, 5) is 40.2. The zero-order valence-corrected chi connectivity index (χ0v) is 21.5. The number of fused-ring (bicyclic) bond motifs is 1. The molecule has 1 atom stereocenters. The number of rotatable bonds is 7. The van der Waals surface area contributed by atoms with Crippen LogP contribution in [0.2, 0.25) is 0 Å². The van der Waals surface area contributed by atoms with E-state index in [4.69, 9.17) is 9.72 Å². The Morgan fingerprint density at radius 2 is 1.98 bits per heavy atom. The minimum absolute atomic E-state index is 0.172. The first-order valence-corrected chi connectivity index (χ1v) is 12.4. The molecule has 4 aromatic rings. The zero-order chi connectivity index (χ0) is 28.4. The van der Waals surface area contributed by atoms with Crippen molar-refractivity contribution in [3.63, 3.8) is 0 Å². The number of methoxy groups -OCH3 is 1. The molecule has 0 saturated carbocycles. The lowest BCUT2D eigenvalue weighted by Gasteiger charge is -2.23. The molecule has 1 fully saturated rings. The van der Waals surface area contributed by atoms with E-state index >= 15 is 0 Å². The lowest BCUT2D eigenvalue weighted by atomic mass is 10.1. The SMILES string of the molecule is C=CC(=O)N1CCC[C@H]1c1nc(-c2ccc(C(=O)Nc3cc(C(F)(F)F)ccn3)cc2)c2cncc(COC)n12. The molecule has 1 aliphatic heterocycles. The van der Waals surface area contributed by atoms with Crippen molar-refractivity contribution >= 4 is 23.1 Å². The maximum absolute atomic E-state index is 13.0. The highest BCUT2D eigenvalue weighted by atomic mass is 19.4. The Morgan fingerprint density at radius 3 is 2.67 bits per heavy atom. The van der Waals surface area contributed by atoms with Crippen molar-refractivity contribution in [2.75, 3.05) is 19.0 Å². The summed E-state index contributed by atoms with van der Waals surface area (Å²) in [6.07, 6.45) is 2.66. The molecule has 0 spiro atoms. The average molecular weight is 551 g/mol. The van der Waals surface area contributed by atoms with Crippen LogP contribution in [0.3, 0.4) is 0 Å². The van der Waals surface area contributed by atoms with Crippen LogP contribution in [-0.4, -0.2) is 49.7 Å². The third-order valence-electron chi connectivity index (χ3n) is 6.70. The van der Waals surface area contributed by atoms with Crippen LogP contribution in [0.15, 0.2) is 67.6 Å². The fourth-order valence-electron chi connectivity index (χ4n) is 4.87. The van der Waals surface area contributed by atoms with E-state index in [2.05, 4.69) is 21.9 Å². The van der Waals surface area contributed by atoms with E-state index in [1.807, 2.05) is 4.40 Å². The standard InChI is InChI=1S/C28H25F3N6O3/c1-3-24(38)36-12-4-5-21(36)26-35-25(22-15-32-14-20(16-40-2)37(22)26)17-6-8-18(9-7-17)27(39)34-23-13-19(10-11-33-23)28(29,30)31/h3,6-11,13-15,21H,1,4-5,12,16H2,2H3,(H,33,34,39)/t21-/m0/s1. The number of halogens is 3. The molecule has 12 heteroatoms. The lowest BCUT2D eigenvalue weighted by Crippen LogP contribution is -2.30.